The molecule has 5 nitrogen and oxygen atoms in total. The highest BCUT2D eigenvalue weighted by atomic mass is 32.2. The molecule has 0 saturated heterocycles. The monoisotopic (exact) mass is 383 g/mol. The summed E-state index contributed by atoms with van der Waals surface area (Å²) in [6, 6.07) is 6.71. The molecule has 1 fully saturated rings. The number of ketones is 1. The van der Waals surface area contributed by atoms with Gasteiger partial charge in [0.1, 0.15) is 5.78 Å². The summed E-state index contributed by atoms with van der Waals surface area (Å²) < 4.78 is 18.8. The van der Waals surface area contributed by atoms with Crippen LogP contribution in [0.2, 0.25) is 0 Å². The molecule has 1 N–H and O–H groups in total. The normalized spacial score (nSPS) is 14.0. The van der Waals surface area contributed by atoms with Crippen LogP contribution in [0.4, 0.5) is 0 Å². The first-order chi connectivity index (χ1) is 12.5. The van der Waals surface area contributed by atoms with Crippen LogP contribution < -0.4 is 4.72 Å². The van der Waals surface area contributed by atoms with Crippen LogP contribution in [0.3, 0.4) is 0 Å². The molecule has 26 heavy (non-hydrogen) atoms. The second kappa shape index (κ2) is 15.7. The van der Waals surface area contributed by atoms with Crippen LogP contribution in [0.15, 0.2) is 24.3 Å². The third kappa shape index (κ3) is 11.9. The number of hydrogen-bond donors (Lipinski definition) is 1. The van der Waals surface area contributed by atoms with Crippen molar-refractivity contribution in [1.82, 2.24) is 4.72 Å². The predicted octanol–water partition coefficient (Wildman–Crippen LogP) is 4.18. The van der Waals surface area contributed by atoms with Gasteiger partial charge in [0, 0.05) is 0 Å². The molecule has 0 aliphatic heterocycles. The Morgan fingerprint density at radius 1 is 1.08 bits per heavy atom. The zero-order chi connectivity index (χ0) is 19.8. The van der Waals surface area contributed by atoms with Gasteiger partial charge in [-0.25, -0.2) is 13.7 Å². The Labute approximate surface area is 160 Å². The van der Waals surface area contributed by atoms with Crippen molar-refractivity contribution in [2.75, 3.05) is 13.7 Å². The van der Waals surface area contributed by atoms with Crippen molar-refractivity contribution < 1.29 is 18.5 Å². The summed E-state index contributed by atoms with van der Waals surface area (Å²) in [7, 11) is -0.0309. The Morgan fingerprint density at radius 2 is 1.62 bits per heavy atom. The van der Waals surface area contributed by atoms with E-state index in [-0.39, 0.29) is 18.1 Å². The number of esters is 1. The maximum Gasteiger partial charge on any atom is 0.337 e. The lowest BCUT2D eigenvalue weighted by Gasteiger charge is -2.05. The molecule has 1 unspecified atom stereocenters. The summed E-state index contributed by atoms with van der Waals surface area (Å²) in [5.74, 6) is -0.274. The van der Waals surface area contributed by atoms with Gasteiger partial charge in [-0.2, -0.15) is 0 Å². The smallest absolute Gasteiger partial charge is 0.337 e. The number of nitrogens with one attached hydrogen (secondary N) is 1. The lowest BCUT2D eigenvalue weighted by molar-refractivity contribution is -0.115. The van der Waals surface area contributed by atoms with Crippen molar-refractivity contribution in [2.45, 2.75) is 65.0 Å². The highest BCUT2D eigenvalue weighted by molar-refractivity contribution is 7.82. The van der Waals surface area contributed by atoms with Crippen molar-refractivity contribution in [2.24, 2.45) is 0 Å². The van der Waals surface area contributed by atoms with E-state index in [4.69, 9.17) is 0 Å². The Hall–Kier alpha value is -1.53. The molecule has 148 valence electrons. The molecule has 0 radical (unpaired) electrons. The number of carbonyl (C=O) groups excluding carboxylic acids is 2. The van der Waals surface area contributed by atoms with Gasteiger partial charge in [0.25, 0.3) is 0 Å². The molecule has 2 rings (SSSR count). The molecular weight excluding hydrogens is 350 g/mol. The van der Waals surface area contributed by atoms with Gasteiger partial charge < -0.3 is 4.74 Å². The first kappa shape index (κ1) is 24.5. The quantitative estimate of drug-likeness (QED) is 0.748. The fourth-order valence-electron chi connectivity index (χ4n) is 2.35. The fraction of sp³-hybridized carbons (Fsp3) is 0.600. The lowest BCUT2D eigenvalue weighted by atomic mass is 10.0. The highest BCUT2D eigenvalue weighted by Gasteiger charge is 2.08. The van der Waals surface area contributed by atoms with Gasteiger partial charge in [-0.3, -0.25) is 4.79 Å². The van der Waals surface area contributed by atoms with E-state index < -0.39 is 17.0 Å². The van der Waals surface area contributed by atoms with Gasteiger partial charge >= 0.3 is 5.97 Å². The van der Waals surface area contributed by atoms with Crippen LogP contribution in [0.5, 0.6) is 0 Å². The third-order valence-corrected chi connectivity index (χ3v) is 4.69. The second-order valence-electron chi connectivity index (χ2n) is 5.83. The number of rotatable bonds is 6. The molecule has 0 aromatic heterocycles. The van der Waals surface area contributed by atoms with Gasteiger partial charge in [-0.15, -0.1) is 0 Å². The molecule has 1 aliphatic carbocycles. The average molecular weight is 384 g/mol. The molecule has 1 saturated carbocycles. The Kier molecular flexibility index (Phi) is 14.8. The molecule has 1 atom stereocenters. The second-order valence-corrected chi connectivity index (χ2v) is 7.09. The van der Waals surface area contributed by atoms with E-state index >= 15 is 0 Å². The lowest BCUT2D eigenvalue weighted by Crippen LogP contribution is -2.24. The van der Waals surface area contributed by atoms with E-state index in [1.807, 2.05) is 13.8 Å². The van der Waals surface area contributed by atoms with Crippen molar-refractivity contribution in [3.05, 3.63) is 35.4 Å². The average Bonchev–Trinajstić information content (AvgIpc) is 2.69. The summed E-state index contributed by atoms with van der Waals surface area (Å²) >= 11 is 0. The molecule has 6 heteroatoms. The predicted molar refractivity (Wildman–Crippen MR) is 107 cm³/mol. The summed E-state index contributed by atoms with van der Waals surface area (Å²) in [5.41, 5.74) is 1.16. The number of carbonyl (C=O) groups is 2. The molecule has 0 amide bonds. The Balaban J connectivity index is 0.000000648. The van der Waals surface area contributed by atoms with Crippen molar-refractivity contribution in [1.29, 1.82) is 0 Å². The zero-order valence-electron chi connectivity index (χ0n) is 16.5. The van der Waals surface area contributed by atoms with Crippen molar-refractivity contribution in [3.8, 4) is 0 Å². The first-order valence-corrected chi connectivity index (χ1v) is 10.6. The summed E-state index contributed by atoms with van der Waals surface area (Å²) in [5, 5.41) is 0. The molecule has 0 heterocycles. The SMILES string of the molecule is C1CCCCC1.CC.COC(=O)c1cccc(CS(=O)NCC(C)=O)c1. The number of methoxy groups -OCH3 is 1. The number of benzene rings is 1. The maximum atomic E-state index is 11.6. The molecule has 1 aliphatic rings. The van der Waals surface area contributed by atoms with E-state index in [0.717, 1.165) is 5.56 Å². The Morgan fingerprint density at radius 3 is 2.08 bits per heavy atom. The Bertz CT molecular complexity index is 545. The fourth-order valence-corrected chi connectivity index (χ4v) is 3.30. The van der Waals surface area contributed by atoms with E-state index in [2.05, 4.69) is 9.46 Å². The van der Waals surface area contributed by atoms with Crippen LogP contribution in [0.1, 0.15) is 75.2 Å². The number of hydrogen-bond acceptors (Lipinski definition) is 4. The molecule has 1 aromatic rings. The topological polar surface area (TPSA) is 72.5 Å². The van der Waals surface area contributed by atoms with Crippen LogP contribution in [0.25, 0.3) is 0 Å². The van der Waals surface area contributed by atoms with Gasteiger partial charge in [0.05, 0.1) is 36.0 Å². The summed E-state index contributed by atoms with van der Waals surface area (Å²) in [4.78, 5) is 22.0. The first-order valence-electron chi connectivity index (χ1n) is 9.31. The number of ether oxygens (including phenoxy) is 1. The molecule has 0 bridgehead atoms. The number of Topliss-reactive ketones (excluding diaryl/α,β-unsaturated/α-hetero) is 1. The van der Waals surface area contributed by atoms with E-state index in [1.54, 1.807) is 24.3 Å². The minimum atomic E-state index is -1.34. The van der Waals surface area contributed by atoms with Crippen molar-refractivity contribution >= 4 is 22.7 Å². The van der Waals surface area contributed by atoms with E-state index in [1.165, 1.54) is 52.6 Å². The molecule has 0 spiro atoms. The molecule has 1 aromatic carbocycles. The van der Waals surface area contributed by atoms with Crippen LogP contribution in [0, 0.1) is 0 Å². The minimum absolute atomic E-state index is 0.0727. The van der Waals surface area contributed by atoms with Crippen molar-refractivity contribution in [3.63, 3.8) is 0 Å². The maximum absolute atomic E-state index is 11.6. The van der Waals surface area contributed by atoms with E-state index in [0.29, 0.717) is 5.56 Å². The van der Waals surface area contributed by atoms with Gasteiger partial charge in [-0.05, 0) is 24.6 Å². The van der Waals surface area contributed by atoms with E-state index in [9.17, 15) is 13.8 Å². The molecular formula is C20H33NO4S. The highest BCUT2D eigenvalue weighted by Crippen LogP contribution is 2.15. The zero-order valence-corrected chi connectivity index (χ0v) is 17.3. The summed E-state index contributed by atoms with van der Waals surface area (Å²) in [6.45, 7) is 5.49. The van der Waals surface area contributed by atoms with Gasteiger partial charge in [-0.1, -0.05) is 64.5 Å². The standard InChI is InChI=1S/C12H15NO4S.C6H12.C2H6/c1-9(14)7-13-18(16)8-10-4-3-5-11(6-10)12(15)17-2;1-2-4-6-5-3-1;1-2/h3-6,13H,7-8H2,1-2H3;1-6H2;1-2H3. The minimum Gasteiger partial charge on any atom is -0.465 e. The van der Waals surface area contributed by atoms with Crippen LogP contribution >= 0.6 is 0 Å². The van der Waals surface area contributed by atoms with Gasteiger partial charge in [0.15, 0.2) is 0 Å². The van der Waals surface area contributed by atoms with Crippen LogP contribution in [-0.4, -0.2) is 29.6 Å². The largest absolute Gasteiger partial charge is 0.465 e. The van der Waals surface area contributed by atoms with Gasteiger partial charge in [0.2, 0.25) is 0 Å². The third-order valence-electron chi connectivity index (χ3n) is 3.63. The van der Waals surface area contributed by atoms with Crippen LogP contribution in [-0.2, 0) is 26.3 Å². The summed E-state index contributed by atoms with van der Waals surface area (Å²) in [6.07, 6.45) is 9.00.